The summed E-state index contributed by atoms with van der Waals surface area (Å²) < 4.78 is 15.4. The zero-order chi connectivity index (χ0) is 20.5. The number of piperazine rings is 1. The van der Waals surface area contributed by atoms with E-state index in [2.05, 4.69) is 20.9 Å². The number of hydrogen-bond acceptors (Lipinski definition) is 6. The first kappa shape index (κ1) is 20.2. The molecule has 0 unspecified atom stereocenters. The summed E-state index contributed by atoms with van der Waals surface area (Å²) in [4.78, 5) is 33.4. The molecular weight excluding hydrogens is 477 g/mol. The van der Waals surface area contributed by atoms with Crippen molar-refractivity contribution in [2.75, 3.05) is 31.1 Å². The highest BCUT2D eigenvalue weighted by Crippen LogP contribution is 2.32. The number of nitrogens with zero attached hydrogens (tertiary/aromatic N) is 3. The third-order valence-corrected chi connectivity index (χ3v) is 7.47. The Morgan fingerprint density at radius 2 is 1.86 bits per heavy atom. The van der Waals surface area contributed by atoms with Crippen LogP contribution in [0.4, 0.5) is 10.1 Å². The Bertz CT molecular complexity index is 1070. The van der Waals surface area contributed by atoms with Gasteiger partial charge in [-0.05, 0) is 47.1 Å². The number of benzene rings is 1. The van der Waals surface area contributed by atoms with Crippen LogP contribution in [0.2, 0.25) is 0 Å². The molecule has 1 aromatic carbocycles. The Morgan fingerprint density at radius 3 is 2.48 bits per heavy atom. The minimum Gasteiger partial charge on any atom is -0.366 e. The fourth-order valence-electron chi connectivity index (χ4n) is 3.21. The minimum absolute atomic E-state index is 0.102. The van der Waals surface area contributed by atoms with Crippen LogP contribution in [0.25, 0.3) is 9.88 Å². The van der Waals surface area contributed by atoms with Crippen LogP contribution in [0.3, 0.4) is 0 Å². The van der Waals surface area contributed by atoms with Crippen molar-refractivity contribution in [1.29, 1.82) is 0 Å². The molecule has 1 amide bonds. The van der Waals surface area contributed by atoms with Crippen molar-refractivity contribution in [1.82, 2.24) is 9.88 Å². The molecule has 3 heterocycles. The van der Waals surface area contributed by atoms with Crippen LogP contribution < -0.4 is 4.90 Å². The second kappa shape index (κ2) is 8.33. The number of thiazole rings is 1. The van der Waals surface area contributed by atoms with E-state index < -0.39 is 5.82 Å². The molecule has 9 heteroatoms. The van der Waals surface area contributed by atoms with Crippen LogP contribution in [0.5, 0.6) is 0 Å². The molecule has 0 saturated carbocycles. The maximum atomic E-state index is 14.4. The number of thiophene rings is 1. The number of rotatable bonds is 4. The Morgan fingerprint density at radius 1 is 1.10 bits per heavy atom. The molecule has 1 aliphatic heterocycles. The monoisotopic (exact) mass is 493 g/mol. The predicted octanol–water partition coefficient (Wildman–Crippen LogP) is 4.94. The highest BCUT2D eigenvalue weighted by atomic mass is 79.9. The van der Waals surface area contributed by atoms with Gasteiger partial charge in [0.15, 0.2) is 5.78 Å². The van der Waals surface area contributed by atoms with E-state index in [0.29, 0.717) is 43.1 Å². The van der Waals surface area contributed by atoms with E-state index in [1.165, 1.54) is 24.3 Å². The van der Waals surface area contributed by atoms with Crippen molar-refractivity contribution in [3.8, 4) is 9.88 Å². The second-order valence-electron chi connectivity index (χ2n) is 6.67. The Labute approximate surface area is 183 Å². The number of Topliss-reactive ketones (excluding diaryl/α,β-unsaturated/α-hetero) is 1. The van der Waals surface area contributed by atoms with Gasteiger partial charge in [0.2, 0.25) is 0 Å². The molecule has 1 saturated heterocycles. The fourth-order valence-corrected chi connectivity index (χ4v) is 5.51. The molecule has 5 nitrogen and oxygen atoms in total. The van der Waals surface area contributed by atoms with Crippen molar-refractivity contribution in [2.45, 2.75) is 6.92 Å². The molecular formula is C20H17BrFN3O2S2. The van der Waals surface area contributed by atoms with Gasteiger partial charge in [-0.15, -0.1) is 22.7 Å². The number of carbonyl (C=O) groups excluding carboxylic acids is 2. The maximum absolute atomic E-state index is 14.4. The van der Waals surface area contributed by atoms with E-state index >= 15 is 0 Å². The summed E-state index contributed by atoms with van der Waals surface area (Å²) in [6.07, 6.45) is 0. The van der Waals surface area contributed by atoms with Gasteiger partial charge < -0.3 is 9.80 Å². The largest absolute Gasteiger partial charge is 0.366 e. The molecule has 3 aromatic rings. The van der Waals surface area contributed by atoms with Crippen molar-refractivity contribution >= 4 is 56.0 Å². The number of ketones is 1. The zero-order valence-corrected chi connectivity index (χ0v) is 18.7. The zero-order valence-electron chi connectivity index (χ0n) is 15.5. The fraction of sp³-hybridized carbons (Fsp3) is 0.250. The van der Waals surface area contributed by atoms with Gasteiger partial charge in [0.25, 0.3) is 5.91 Å². The van der Waals surface area contributed by atoms with Crippen LogP contribution in [-0.2, 0) is 0 Å². The van der Waals surface area contributed by atoms with Gasteiger partial charge in [-0.2, -0.15) is 0 Å². The standard InChI is InChI=1S/C20H17BrFN3O2S2/c1-12(26)13-2-3-17(15(22)8-13)24-4-6-25(7-5-24)20(27)16-11-29-19(23-16)18-9-14(21)10-28-18/h2-3,8-11H,4-7H2,1H3. The Balaban J connectivity index is 1.41. The van der Waals surface area contributed by atoms with Crippen molar-refractivity contribution in [2.24, 2.45) is 0 Å². The summed E-state index contributed by atoms with van der Waals surface area (Å²) in [5.74, 6) is -0.678. The number of halogens is 2. The second-order valence-corrected chi connectivity index (χ2v) is 9.35. The molecule has 4 rings (SSSR count). The molecule has 150 valence electrons. The number of anilines is 1. The summed E-state index contributed by atoms with van der Waals surface area (Å²) in [5, 5.41) is 4.60. The third-order valence-electron chi connectivity index (χ3n) is 4.76. The van der Waals surface area contributed by atoms with Crippen LogP contribution in [0.1, 0.15) is 27.8 Å². The topological polar surface area (TPSA) is 53.5 Å². The van der Waals surface area contributed by atoms with Crippen molar-refractivity contribution in [3.05, 3.63) is 56.6 Å². The molecule has 0 N–H and O–H groups in total. The molecule has 2 aromatic heterocycles. The van der Waals surface area contributed by atoms with Gasteiger partial charge >= 0.3 is 0 Å². The lowest BCUT2D eigenvalue weighted by molar-refractivity contribution is 0.0741. The lowest BCUT2D eigenvalue weighted by Gasteiger charge is -2.36. The molecule has 29 heavy (non-hydrogen) atoms. The summed E-state index contributed by atoms with van der Waals surface area (Å²) in [5.41, 5.74) is 1.26. The highest BCUT2D eigenvalue weighted by Gasteiger charge is 2.25. The number of carbonyl (C=O) groups is 2. The molecule has 0 bridgehead atoms. The Hall–Kier alpha value is -2.10. The molecule has 1 aliphatic rings. The minimum atomic E-state index is -0.413. The average Bonchev–Trinajstić information content (AvgIpc) is 3.36. The summed E-state index contributed by atoms with van der Waals surface area (Å²) in [7, 11) is 0. The number of hydrogen-bond donors (Lipinski definition) is 0. The molecule has 0 spiro atoms. The van der Waals surface area contributed by atoms with Gasteiger partial charge in [-0.25, -0.2) is 9.37 Å². The molecule has 0 aliphatic carbocycles. The average molecular weight is 494 g/mol. The van der Waals surface area contributed by atoms with Gasteiger partial charge in [-0.3, -0.25) is 9.59 Å². The first-order chi connectivity index (χ1) is 13.9. The van der Waals surface area contributed by atoms with E-state index in [9.17, 15) is 14.0 Å². The van der Waals surface area contributed by atoms with Gasteiger partial charge in [0.05, 0.1) is 10.6 Å². The first-order valence-corrected chi connectivity index (χ1v) is 11.5. The predicted molar refractivity (Wildman–Crippen MR) is 118 cm³/mol. The van der Waals surface area contributed by atoms with Crippen molar-refractivity contribution in [3.63, 3.8) is 0 Å². The van der Waals surface area contributed by atoms with E-state index in [1.807, 2.05) is 16.3 Å². The summed E-state index contributed by atoms with van der Waals surface area (Å²) in [6.45, 7) is 3.45. The van der Waals surface area contributed by atoms with E-state index in [-0.39, 0.29) is 11.7 Å². The summed E-state index contributed by atoms with van der Waals surface area (Å²) in [6, 6.07) is 6.53. The highest BCUT2D eigenvalue weighted by molar-refractivity contribution is 9.10. The van der Waals surface area contributed by atoms with E-state index in [4.69, 9.17) is 0 Å². The first-order valence-electron chi connectivity index (χ1n) is 8.97. The van der Waals surface area contributed by atoms with Gasteiger partial charge in [0, 0.05) is 47.0 Å². The number of aromatic nitrogens is 1. The number of amides is 1. The van der Waals surface area contributed by atoms with Crippen LogP contribution >= 0.6 is 38.6 Å². The van der Waals surface area contributed by atoms with Crippen LogP contribution in [0, 0.1) is 5.82 Å². The summed E-state index contributed by atoms with van der Waals surface area (Å²) >= 11 is 6.47. The third kappa shape index (κ3) is 4.26. The molecule has 0 atom stereocenters. The van der Waals surface area contributed by atoms with E-state index in [1.54, 1.807) is 33.7 Å². The van der Waals surface area contributed by atoms with Crippen LogP contribution in [0.15, 0.2) is 39.5 Å². The van der Waals surface area contributed by atoms with E-state index in [0.717, 1.165) is 14.4 Å². The quantitative estimate of drug-likeness (QED) is 0.483. The Kier molecular flexibility index (Phi) is 5.80. The molecule has 1 fully saturated rings. The van der Waals surface area contributed by atoms with Crippen LogP contribution in [-0.4, -0.2) is 47.8 Å². The normalized spacial score (nSPS) is 14.3. The van der Waals surface area contributed by atoms with Crippen molar-refractivity contribution < 1.29 is 14.0 Å². The maximum Gasteiger partial charge on any atom is 0.273 e. The van der Waals surface area contributed by atoms with Gasteiger partial charge in [-0.1, -0.05) is 0 Å². The lowest BCUT2D eigenvalue weighted by atomic mass is 10.1. The van der Waals surface area contributed by atoms with Gasteiger partial charge in [0.1, 0.15) is 16.5 Å². The molecule has 0 radical (unpaired) electrons. The smallest absolute Gasteiger partial charge is 0.273 e. The lowest BCUT2D eigenvalue weighted by Crippen LogP contribution is -2.49. The SMILES string of the molecule is CC(=O)c1ccc(N2CCN(C(=O)c3csc(-c4cc(Br)cs4)n3)CC2)c(F)c1.